The van der Waals surface area contributed by atoms with Gasteiger partial charge in [0.1, 0.15) is 5.76 Å². The molecule has 0 unspecified atom stereocenters. The van der Waals surface area contributed by atoms with Crippen LogP contribution in [0, 0.1) is 0 Å². The van der Waals surface area contributed by atoms with Crippen LogP contribution in [-0.4, -0.2) is 36.7 Å². The molecule has 0 spiro atoms. The number of halogens is 9. The molecule has 3 nitrogen and oxygen atoms in total. The van der Waals surface area contributed by atoms with Crippen LogP contribution in [-0.2, 0) is 14.3 Å². The Bertz CT molecular complexity index is 439. The van der Waals surface area contributed by atoms with Gasteiger partial charge in [0, 0.05) is 0 Å². The van der Waals surface area contributed by atoms with Gasteiger partial charge in [-0.3, -0.25) is 0 Å². The number of esters is 1. The fourth-order valence-corrected chi connectivity index (χ4v) is 1.01. The molecule has 0 atom stereocenters. The lowest BCUT2D eigenvalue weighted by Crippen LogP contribution is -2.61. The summed E-state index contributed by atoms with van der Waals surface area (Å²) in [5, 5.41) is 0. The first kappa shape index (κ1) is 20.4. The molecule has 0 aliphatic carbocycles. The second-order valence-corrected chi connectivity index (χ2v) is 3.77. The number of alkyl halides is 9. The fourth-order valence-electron chi connectivity index (χ4n) is 1.01. The van der Waals surface area contributed by atoms with Gasteiger partial charge in [-0.2, -0.15) is 39.5 Å². The molecule has 0 amide bonds. The maximum Gasteiger partial charge on any atom is 0.471 e. The Hall–Kier alpha value is -1.62. The molecule has 0 bridgehead atoms. The van der Waals surface area contributed by atoms with E-state index in [9.17, 15) is 44.3 Å². The first-order valence-electron chi connectivity index (χ1n) is 5.34. The van der Waals surface area contributed by atoms with Crippen molar-refractivity contribution in [3.8, 4) is 0 Å². The van der Waals surface area contributed by atoms with E-state index in [1.54, 1.807) is 0 Å². The van der Waals surface area contributed by atoms with Crippen molar-refractivity contribution in [2.75, 3.05) is 6.61 Å². The maximum atomic E-state index is 13.0. The van der Waals surface area contributed by atoms with Crippen LogP contribution in [0.3, 0.4) is 0 Å². The molecule has 0 aromatic heterocycles. The number of hydrogen-bond acceptors (Lipinski definition) is 3. The minimum Gasteiger partial charge on any atom is -0.463 e. The van der Waals surface area contributed by atoms with E-state index in [4.69, 9.17) is 0 Å². The third-order valence-electron chi connectivity index (χ3n) is 2.01. The van der Waals surface area contributed by atoms with Gasteiger partial charge in [-0.15, -0.1) is 0 Å². The van der Waals surface area contributed by atoms with Crippen molar-refractivity contribution in [1.29, 1.82) is 0 Å². The van der Waals surface area contributed by atoms with Crippen molar-refractivity contribution in [3.05, 3.63) is 11.8 Å². The third-order valence-corrected chi connectivity index (χ3v) is 2.01. The van der Waals surface area contributed by atoms with Gasteiger partial charge in [0.15, 0.2) is 0 Å². The fraction of sp³-hybridized carbons (Fsp3) is 0.700. The van der Waals surface area contributed by atoms with E-state index in [0.29, 0.717) is 6.92 Å². The molecule has 0 saturated heterocycles. The van der Waals surface area contributed by atoms with Crippen molar-refractivity contribution in [1.82, 2.24) is 0 Å². The Morgan fingerprint density at radius 2 is 1.41 bits per heavy atom. The van der Waals surface area contributed by atoms with Crippen LogP contribution < -0.4 is 0 Å². The number of carbonyl (C=O) groups excluding carboxylic acids is 1. The van der Waals surface area contributed by atoms with Crippen LogP contribution in [0.1, 0.15) is 13.8 Å². The number of carbonyl (C=O) groups is 1. The Morgan fingerprint density at radius 1 is 0.955 bits per heavy atom. The number of hydrogen-bond donors (Lipinski definition) is 0. The van der Waals surface area contributed by atoms with E-state index in [2.05, 4.69) is 9.47 Å². The molecule has 22 heavy (non-hydrogen) atoms. The average molecular weight is 348 g/mol. The highest BCUT2D eigenvalue weighted by Gasteiger charge is 2.83. The predicted molar refractivity (Wildman–Crippen MR) is 52.4 cm³/mol. The Labute approximate surface area is 117 Å². The van der Waals surface area contributed by atoms with Crippen LogP contribution in [0.4, 0.5) is 39.5 Å². The van der Waals surface area contributed by atoms with Crippen molar-refractivity contribution in [2.24, 2.45) is 0 Å². The highest BCUT2D eigenvalue weighted by molar-refractivity contribution is 5.82. The quantitative estimate of drug-likeness (QED) is 0.316. The molecule has 0 rings (SSSR count). The molecule has 0 fully saturated rings. The molecule has 0 N–H and O–H groups in total. The lowest BCUT2D eigenvalue weighted by atomic mass is 10.1. The molecule has 0 aromatic carbocycles. The minimum absolute atomic E-state index is 0.0826. The summed E-state index contributed by atoms with van der Waals surface area (Å²) in [6, 6.07) is 0. The molecule has 0 aromatic rings. The van der Waals surface area contributed by atoms with Crippen LogP contribution in [0.15, 0.2) is 11.8 Å². The SMILES string of the molecule is CCOC(=O)C=C(C)OC(F)(F)C(F)(F)C(F)(F)C(F)(F)F. The van der Waals surface area contributed by atoms with E-state index < -0.39 is 35.9 Å². The lowest BCUT2D eigenvalue weighted by molar-refractivity contribution is -0.437. The minimum atomic E-state index is -7.06. The molecule has 0 aliphatic heterocycles. The van der Waals surface area contributed by atoms with Crippen molar-refractivity contribution < 1.29 is 53.8 Å². The molecule has 0 radical (unpaired) electrons. The molecular formula is C10H9F9O3. The number of rotatable bonds is 6. The Kier molecular flexibility index (Phi) is 5.78. The average Bonchev–Trinajstić information content (AvgIpc) is 2.25. The monoisotopic (exact) mass is 348 g/mol. The van der Waals surface area contributed by atoms with Gasteiger partial charge in [0.05, 0.1) is 12.7 Å². The molecule has 12 heteroatoms. The molecule has 0 heterocycles. The van der Waals surface area contributed by atoms with Gasteiger partial charge < -0.3 is 9.47 Å². The van der Waals surface area contributed by atoms with Gasteiger partial charge in [-0.1, -0.05) is 0 Å². The predicted octanol–water partition coefficient (Wildman–Crippen LogP) is 3.90. The molecule has 0 saturated carbocycles. The van der Waals surface area contributed by atoms with Gasteiger partial charge in [-0.05, 0) is 13.8 Å². The number of allylic oxidation sites excluding steroid dienone is 1. The zero-order valence-electron chi connectivity index (χ0n) is 10.9. The maximum absolute atomic E-state index is 13.0. The Morgan fingerprint density at radius 3 is 1.77 bits per heavy atom. The lowest BCUT2D eigenvalue weighted by Gasteiger charge is -2.33. The van der Waals surface area contributed by atoms with Crippen molar-refractivity contribution in [3.63, 3.8) is 0 Å². The molecule has 0 aliphatic rings. The summed E-state index contributed by atoms with van der Waals surface area (Å²) in [5.41, 5.74) is 0. The van der Waals surface area contributed by atoms with Crippen molar-refractivity contribution >= 4 is 5.97 Å². The van der Waals surface area contributed by atoms with Crippen molar-refractivity contribution in [2.45, 2.75) is 38.0 Å². The van der Waals surface area contributed by atoms with Gasteiger partial charge in [-0.25, -0.2) is 4.79 Å². The molecular weight excluding hydrogens is 339 g/mol. The summed E-state index contributed by atoms with van der Waals surface area (Å²) in [7, 11) is 0. The summed E-state index contributed by atoms with van der Waals surface area (Å²) < 4.78 is 119. The molecule has 130 valence electrons. The van der Waals surface area contributed by atoms with Gasteiger partial charge in [0.2, 0.25) is 0 Å². The van der Waals surface area contributed by atoms with Crippen LogP contribution in [0.25, 0.3) is 0 Å². The zero-order valence-corrected chi connectivity index (χ0v) is 10.9. The van der Waals surface area contributed by atoms with Gasteiger partial charge >= 0.3 is 30.1 Å². The standard InChI is InChI=1S/C10H9F9O3/c1-3-21-6(20)4-5(2)22-10(18,19)8(13,14)7(11,12)9(15,16)17/h4H,3H2,1-2H3. The van der Waals surface area contributed by atoms with E-state index in [0.717, 1.165) is 0 Å². The van der Waals surface area contributed by atoms with Crippen LogP contribution in [0.5, 0.6) is 0 Å². The summed E-state index contributed by atoms with van der Waals surface area (Å²) in [4.78, 5) is 10.8. The summed E-state index contributed by atoms with van der Waals surface area (Å²) in [6.45, 7) is 1.53. The summed E-state index contributed by atoms with van der Waals surface area (Å²) >= 11 is 0. The van der Waals surface area contributed by atoms with Crippen LogP contribution in [0.2, 0.25) is 0 Å². The summed E-state index contributed by atoms with van der Waals surface area (Å²) in [6.07, 6.45) is -13.1. The normalized spacial score (nSPS) is 14.8. The smallest absolute Gasteiger partial charge is 0.463 e. The van der Waals surface area contributed by atoms with E-state index in [1.807, 2.05) is 0 Å². The van der Waals surface area contributed by atoms with E-state index in [1.165, 1.54) is 6.92 Å². The first-order valence-corrected chi connectivity index (χ1v) is 5.34. The second-order valence-electron chi connectivity index (χ2n) is 3.77. The Balaban J connectivity index is 5.42. The highest BCUT2D eigenvalue weighted by Crippen LogP contribution is 2.53. The van der Waals surface area contributed by atoms with Gasteiger partial charge in [0.25, 0.3) is 0 Å². The second kappa shape index (κ2) is 6.24. The zero-order chi connectivity index (χ0) is 18.0. The van der Waals surface area contributed by atoms with Crippen LogP contribution >= 0.6 is 0 Å². The summed E-state index contributed by atoms with van der Waals surface area (Å²) in [5.74, 6) is -16.7. The number of ether oxygens (including phenoxy) is 2. The van der Waals surface area contributed by atoms with E-state index >= 15 is 0 Å². The highest BCUT2D eigenvalue weighted by atomic mass is 19.4. The first-order chi connectivity index (χ1) is 9.60. The topological polar surface area (TPSA) is 35.5 Å². The van der Waals surface area contributed by atoms with E-state index in [-0.39, 0.29) is 12.7 Å². The third kappa shape index (κ3) is 3.97. The largest absolute Gasteiger partial charge is 0.471 e.